The fraction of sp³-hybridized carbons (Fsp3) is 0.500. The van der Waals surface area contributed by atoms with Gasteiger partial charge in [-0.15, -0.1) is 0 Å². The summed E-state index contributed by atoms with van der Waals surface area (Å²) < 4.78 is 49.6. The molecule has 102 valence electrons. The van der Waals surface area contributed by atoms with Gasteiger partial charge in [0.05, 0.1) is 5.69 Å². The first-order chi connectivity index (χ1) is 8.28. The lowest BCUT2D eigenvalue weighted by Gasteiger charge is -2.17. The number of hydrogen-bond donors (Lipinski definition) is 1. The zero-order valence-electron chi connectivity index (χ0n) is 9.82. The Morgan fingerprint density at radius 2 is 2.00 bits per heavy atom. The van der Waals surface area contributed by atoms with Gasteiger partial charge in [-0.25, -0.2) is 4.39 Å². The Hall–Kier alpha value is -0.780. The Balaban J connectivity index is 2.44. The molecule has 1 N–H and O–H groups in total. The summed E-state index contributed by atoms with van der Waals surface area (Å²) in [5.74, 6) is -0.386. The van der Waals surface area contributed by atoms with Crippen molar-refractivity contribution in [3.05, 3.63) is 28.5 Å². The van der Waals surface area contributed by atoms with E-state index in [9.17, 15) is 17.6 Å². The van der Waals surface area contributed by atoms with Crippen molar-refractivity contribution in [2.45, 2.75) is 38.4 Å². The number of rotatable bonds is 5. The van der Waals surface area contributed by atoms with Gasteiger partial charge in [0.15, 0.2) is 0 Å². The lowest BCUT2D eigenvalue weighted by molar-refractivity contribution is -0.135. The fourth-order valence-electron chi connectivity index (χ4n) is 1.55. The van der Waals surface area contributed by atoms with E-state index in [4.69, 9.17) is 0 Å². The first kappa shape index (κ1) is 15.3. The summed E-state index contributed by atoms with van der Waals surface area (Å²) in [6.07, 6.45) is -4.46. The highest BCUT2D eigenvalue weighted by Gasteiger charge is 2.26. The molecule has 0 radical (unpaired) electrons. The lowest BCUT2D eigenvalue weighted by atomic mass is 10.1. The summed E-state index contributed by atoms with van der Waals surface area (Å²) in [5, 5.41) is 2.98. The monoisotopic (exact) mass is 327 g/mol. The van der Waals surface area contributed by atoms with Crippen LogP contribution in [-0.4, -0.2) is 12.2 Å². The van der Waals surface area contributed by atoms with E-state index < -0.39 is 12.6 Å². The minimum absolute atomic E-state index is 0.0601. The van der Waals surface area contributed by atoms with E-state index in [0.29, 0.717) is 16.6 Å². The molecule has 0 aromatic heterocycles. The maximum absolute atomic E-state index is 13.0. The van der Waals surface area contributed by atoms with Crippen molar-refractivity contribution in [2.75, 3.05) is 5.32 Å². The highest BCUT2D eigenvalue weighted by atomic mass is 79.9. The SMILES string of the molecule is CC(CCCC(F)(F)F)Nc1cc(F)ccc1Br. The van der Waals surface area contributed by atoms with Crippen LogP contribution in [0.25, 0.3) is 0 Å². The molecule has 0 bridgehead atoms. The molecule has 1 unspecified atom stereocenters. The van der Waals surface area contributed by atoms with Gasteiger partial charge in [0.1, 0.15) is 5.82 Å². The molecule has 0 saturated heterocycles. The zero-order valence-corrected chi connectivity index (χ0v) is 11.4. The van der Waals surface area contributed by atoms with Crippen molar-refractivity contribution in [1.29, 1.82) is 0 Å². The molecule has 1 aromatic carbocycles. The number of hydrogen-bond acceptors (Lipinski definition) is 1. The van der Waals surface area contributed by atoms with E-state index in [2.05, 4.69) is 21.2 Å². The molecule has 1 aromatic rings. The molecule has 0 aliphatic carbocycles. The van der Waals surface area contributed by atoms with Crippen molar-refractivity contribution in [1.82, 2.24) is 0 Å². The zero-order chi connectivity index (χ0) is 13.8. The van der Waals surface area contributed by atoms with Gasteiger partial charge < -0.3 is 5.32 Å². The summed E-state index contributed by atoms with van der Waals surface area (Å²) in [5.41, 5.74) is 0.550. The predicted molar refractivity (Wildman–Crippen MR) is 67.1 cm³/mol. The van der Waals surface area contributed by atoms with Crippen LogP contribution in [-0.2, 0) is 0 Å². The minimum Gasteiger partial charge on any atom is -0.382 e. The highest BCUT2D eigenvalue weighted by molar-refractivity contribution is 9.10. The van der Waals surface area contributed by atoms with Gasteiger partial charge in [0.2, 0.25) is 0 Å². The summed E-state index contributed by atoms with van der Waals surface area (Å²) in [6.45, 7) is 1.77. The largest absolute Gasteiger partial charge is 0.389 e. The molecule has 1 rings (SSSR count). The fourth-order valence-corrected chi connectivity index (χ4v) is 1.92. The van der Waals surface area contributed by atoms with Gasteiger partial charge in [-0.2, -0.15) is 13.2 Å². The number of alkyl halides is 3. The van der Waals surface area contributed by atoms with Crippen LogP contribution in [0.4, 0.5) is 23.2 Å². The molecular formula is C12H14BrF4N. The van der Waals surface area contributed by atoms with Gasteiger partial charge in [-0.3, -0.25) is 0 Å². The average molecular weight is 328 g/mol. The van der Waals surface area contributed by atoms with E-state index >= 15 is 0 Å². The van der Waals surface area contributed by atoms with Crippen LogP contribution in [0.2, 0.25) is 0 Å². The first-order valence-corrected chi connectivity index (χ1v) is 6.35. The molecule has 6 heteroatoms. The first-order valence-electron chi connectivity index (χ1n) is 5.56. The molecule has 0 spiro atoms. The number of nitrogens with one attached hydrogen (secondary N) is 1. The van der Waals surface area contributed by atoms with Gasteiger partial charge in [0, 0.05) is 16.9 Å². The third-order valence-electron chi connectivity index (χ3n) is 2.43. The van der Waals surface area contributed by atoms with Gasteiger partial charge in [0.25, 0.3) is 0 Å². The van der Waals surface area contributed by atoms with Crippen LogP contribution in [0.15, 0.2) is 22.7 Å². The predicted octanol–water partition coefficient (Wildman–Crippen LogP) is 5.12. The number of halogens is 5. The average Bonchev–Trinajstić information content (AvgIpc) is 2.21. The number of benzene rings is 1. The molecule has 18 heavy (non-hydrogen) atoms. The van der Waals surface area contributed by atoms with Crippen molar-refractivity contribution in [3.8, 4) is 0 Å². The topological polar surface area (TPSA) is 12.0 Å². The maximum Gasteiger partial charge on any atom is 0.389 e. The van der Waals surface area contributed by atoms with E-state index in [-0.39, 0.29) is 18.3 Å². The van der Waals surface area contributed by atoms with Gasteiger partial charge >= 0.3 is 6.18 Å². The van der Waals surface area contributed by atoms with E-state index in [1.54, 1.807) is 13.0 Å². The summed E-state index contributed by atoms with van der Waals surface area (Å²) in [6, 6.07) is 4.03. The summed E-state index contributed by atoms with van der Waals surface area (Å²) in [7, 11) is 0. The van der Waals surface area contributed by atoms with E-state index in [1.165, 1.54) is 12.1 Å². The lowest BCUT2D eigenvalue weighted by Crippen LogP contribution is -2.17. The van der Waals surface area contributed by atoms with E-state index in [1.807, 2.05) is 0 Å². The van der Waals surface area contributed by atoms with Crippen LogP contribution < -0.4 is 5.32 Å². The molecular weight excluding hydrogens is 314 g/mol. The minimum atomic E-state index is -4.11. The molecule has 1 nitrogen and oxygen atoms in total. The normalized spacial score (nSPS) is 13.4. The smallest absolute Gasteiger partial charge is 0.382 e. The molecule has 0 aliphatic rings. The van der Waals surface area contributed by atoms with Crippen molar-refractivity contribution in [3.63, 3.8) is 0 Å². The molecule has 0 aliphatic heterocycles. The molecule has 0 heterocycles. The Kier molecular flexibility index (Phi) is 5.44. The third-order valence-corrected chi connectivity index (χ3v) is 3.12. The Morgan fingerprint density at radius 3 is 2.61 bits per heavy atom. The number of anilines is 1. The summed E-state index contributed by atoms with van der Waals surface area (Å²) >= 11 is 3.25. The van der Waals surface area contributed by atoms with Crippen molar-refractivity contribution in [2.24, 2.45) is 0 Å². The van der Waals surface area contributed by atoms with Crippen molar-refractivity contribution >= 4 is 21.6 Å². The Labute approximate surface area is 112 Å². The van der Waals surface area contributed by atoms with E-state index in [0.717, 1.165) is 0 Å². The molecule has 1 atom stereocenters. The summed E-state index contributed by atoms with van der Waals surface area (Å²) in [4.78, 5) is 0. The van der Waals surface area contributed by atoms with Crippen LogP contribution in [0.5, 0.6) is 0 Å². The van der Waals surface area contributed by atoms with Crippen molar-refractivity contribution < 1.29 is 17.6 Å². The molecule has 0 amide bonds. The highest BCUT2D eigenvalue weighted by Crippen LogP contribution is 2.26. The second-order valence-corrected chi connectivity index (χ2v) is 5.03. The molecule has 0 saturated carbocycles. The van der Waals surface area contributed by atoms with Crippen LogP contribution in [0.1, 0.15) is 26.2 Å². The Bertz CT molecular complexity index is 392. The second-order valence-electron chi connectivity index (χ2n) is 4.18. The maximum atomic E-state index is 13.0. The van der Waals surface area contributed by atoms with Crippen LogP contribution >= 0.6 is 15.9 Å². The quantitative estimate of drug-likeness (QED) is 0.740. The standard InChI is InChI=1S/C12H14BrF4N/c1-8(3-2-6-12(15,16)17)18-11-7-9(14)4-5-10(11)13/h4-5,7-8,18H,2-3,6H2,1H3. The third kappa shape index (κ3) is 5.71. The van der Waals surface area contributed by atoms with Gasteiger partial charge in [-0.1, -0.05) is 0 Å². The van der Waals surface area contributed by atoms with Gasteiger partial charge in [-0.05, 0) is 53.9 Å². The van der Waals surface area contributed by atoms with Crippen LogP contribution in [0, 0.1) is 5.82 Å². The molecule has 0 fully saturated rings. The second kappa shape index (κ2) is 6.41. The Morgan fingerprint density at radius 1 is 1.33 bits per heavy atom. The van der Waals surface area contributed by atoms with Crippen LogP contribution in [0.3, 0.4) is 0 Å².